The van der Waals surface area contributed by atoms with Crippen LogP contribution in [-0.4, -0.2) is 9.97 Å². The van der Waals surface area contributed by atoms with E-state index in [1.165, 1.54) is 6.33 Å². The van der Waals surface area contributed by atoms with Crippen LogP contribution >= 0.6 is 0 Å². The molecule has 6 heteroatoms. The molecule has 6 nitrogen and oxygen atoms in total. The highest BCUT2D eigenvalue weighted by Gasteiger charge is 2.07. The van der Waals surface area contributed by atoms with Crippen molar-refractivity contribution in [1.29, 1.82) is 0 Å². The summed E-state index contributed by atoms with van der Waals surface area (Å²) < 4.78 is 0. The van der Waals surface area contributed by atoms with Crippen LogP contribution in [0.25, 0.3) is 0 Å². The fraction of sp³-hybridized carbons (Fsp3) is 0.200. The highest BCUT2D eigenvalue weighted by atomic mass is 16.7. The van der Waals surface area contributed by atoms with Gasteiger partial charge in [0.05, 0.1) is 12.7 Å². The van der Waals surface area contributed by atoms with E-state index in [9.17, 15) is 0 Å². The molecular weight excluding hydrogens is 146 g/mol. The second kappa shape index (κ2) is 2.79. The first kappa shape index (κ1) is 6.47. The normalized spacial score (nSPS) is 16.4. The van der Waals surface area contributed by atoms with E-state index in [0.717, 1.165) is 5.69 Å². The van der Waals surface area contributed by atoms with Gasteiger partial charge in [0.15, 0.2) is 5.75 Å². The van der Waals surface area contributed by atoms with Crippen molar-refractivity contribution in [2.24, 2.45) is 0 Å². The summed E-state index contributed by atoms with van der Waals surface area (Å²) in [5.74, 6) is 0.630. The molecule has 0 atom stereocenters. The van der Waals surface area contributed by atoms with E-state index < -0.39 is 0 Å². The van der Waals surface area contributed by atoms with E-state index >= 15 is 0 Å². The molecule has 2 heterocycles. The Bertz CT molecular complexity index is 227. The second-order valence-corrected chi connectivity index (χ2v) is 2.02. The standard InChI is InChI=1S/C5H7N5O/c1-4-5(2-6-3-7-4)11-10-9-8-1/h2-3,8-10H,1H2. The van der Waals surface area contributed by atoms with Crippen LogP contribution in [0.4, 0.5) is 0 Å². The molecule has 58 valence electrons. The number of hydrazine groups is 2. The number of rotatable bonds is 0. The minimum absolute atomic E-state index is 0.602. The van der Waals surface area contributed by atoms with Gasteiger partial charge in [-0.2, -0.15) is 5.53 Å². The van der Waals surface area contributed by atoms with Gasteiger partial charge >= 0.3 is 0 Å². The van der Waals surface area contributed by atoms with Crippen molar-refractivity contribution in [2.75, 3.05) is 0 Å². The first-order valence-electron chi connectivity index (χ1n) is 3.15. The number of hydrogen-bond acceptors (Lipinski definition) is 6. The largest absolute Gasteiger partial charge is 0.389 e. The maximum atomic E-state index is 5.00. The Labute approximate surface area is 62.9 Å². The highest BCUT2D eigenvalue weighted by Crippen LogP contribution is 2.12. The zero-order chi connectivity index (χ0) is 7.52. The fourth-order valence-electron chi connectivity index (χ4n) is 0.805. The summed E-state index contributed by atoms with van der Waals surface area (Å²) >= 11 is 0. The van der Waals surface area contributed by atoms with Gasteiger partial charge in [0.1, 0.15) is 12.0 Å². The lowest BCUT2D eigenvalue weighted by atomic mass is 10.4. The number of aromatic nitrogens is 2. The summed E-state index contributed by atoms with van der Waals surface area (Å²) in [6, 6.07) is 0. The van der Waals surface area contributed by atoms with Gasteiger partial charge < -0.3 is 4.84 Å². The van der Waals surface area contributed by atoms with Gasteiger partial charge in [-0.05, 0) is 0 Å². The Balaban J connectivity index is 2.33. The van der Waals surface area contributed by atoms with E-state index in [1.54, 1.807) is 6.20 Å². The molecule has 0 saturated heterocycles. The number of hydrogen-bond donors (Lipinski definition) is 3. The summed E-state index contributed by atoms with van der Waals surface area (Å²) in [7, 11) is 0. The molecule has 0 fully saturated rings. The number of fused-ring (bicyclic) bond motifs is 1. The molecule has 2 rings (SSSR count). The van der Waals surface area contributed by atoms with Gasteiger partial charge in [0, 0.05) is 0 Å². The van der Waals surface area contributed by atoms with Crippen molar-refractivity contribution in [3.8, 4) is 5.75 Å². The van der Waals surface area contributed by atoms with Crippen molar-refractivity contribution >= 4 is 0 Å². The first-order valence-corrected chi connectivity index (χ1v) is 3.15. The molecule has 3 N–H and O–H groups in total. The molecule has 0 bridgehead atoms. The van der Waals surface area contributed by atoms with Crippen LogP contribution in [0.5, 0.6) is 5.75 Å². The van der Waals surface area contributed by atoms with Crippen LogP contribution in [0.15, 0.2) is 12.5 Å². The minimum atomic E-state index is 0.602. The zero-order valence-corrected chi connectivity index (χ0v) is 5.66. The molecule has 1 aromatic heterocycles. The molecule has 0 saturated carbocycles. The van der Waals surface area contributed by atoms with Crippen LogP contribution in [0.3, 0.4) is 0 Å². The van der Waals surface area contributed by atoms with Crippen molar-refractivity contribution in [1.82, 2.24) is 26.5 Å². The highest BCUT2D eigenvalue weighted by molar-refractivity contribution is 5.22. The Morgan fingerprint density at radius 3 is 3.55 bits per heavy atom. The van der Waals surface area contributed by atoms with Crippen molar-refractivity contribution in [2.45, 2.75) is 6.54 Å². The molecule has 11 heavy (non-hydrogen) atoms. The summed E-state index contributed by atoms with van der Waals surface area (Å²) in [6.45, 7) is 0.602. The molecule has 0 radical (unpaired) electrons. The molecule has 1 aromatic rings. The van der Waals surface area contributed by atoms with Gasteiger partial charge in [-0.3, -0.25) is 0 Å². The van der Waals surface area contributed by atoms with E-state index in [1.807, 2.05) is 0 Å². The van der Waals surface area contributed by atoms with E-state index in [-0.39, 0.29) is 0 Å². The maximum Gasteiger partial charge on any atom is 0.190 e. The summed E-state index contributed by atoms with van der Waals surface area (Å²) in [6.07, 6.45) is 3.08. The Kier molecular flexibility index (Phi) is 1.64. The molecule has 0 amide bonds. The topological polar surface area (TPSA) is 71.1 Å². The van der Waals surface area contributed by atoms with Gasteiger partial charge in [-0.25, -0.2) is 15.4 Å². The number of nitrogens with one attached hydrogen (secondary N) is 3. The Morgan fingerprint density at radius 1 is 1.55 bits per heavy atom. The molecular formula is C5H7N5O. The smallest absolute Gasteiger partial charge is 0.190 e. The summed E-state index contributed by atoms with van der Waals surface area (Å²) in [4.78, 5) is 12.8. The second-order valence-electron chi connectivity index (χ2n) is 2.02. The SMILES string of the molecule is c1ncc2c(n1)CNNNO2. The molecule has 0 spiro atoms. The van der Waals surface area contributed by atoms with Crippen LogP contribution in [-0.2, 0) is 6.54 Å². The average Bonchev–Trinajstić information content (AvgIpc) is 2.28. The number of nitrogens with zero attached hydrogens (tertiary/aromatic N) is 2. The summed E-state index contributed by atoms with van der Waals surface area (Å²) in [5.41, 5.74) is 8.71. The third kappa shape index (κ3) is 1.27. The lowest BCUT2D eigenvalue weighted by Gasteiger charge is -2.01. The third-order valence-electron chi connectivity index (χ3n) is 1.31. The van der Waals surface area contributed by atoms with Gasteiger partial charge in [0.25, 0.3) is 0 Å². The minimum Gasteiger partial charge on any atom is -0.389 e. The van der Waals surface area contributed by atoms with Crippen LogP contribution in [0, 0.1) is 0 Å². The van der Waals surface area contributed by atoms with Crippen LogP contribution in [0.1, 0.15) is 5.69 Å². The molecule has 0 aliphatic carbocycles. The summed E-state index contributed by atoms with van der Waals surface area (Å²) in [5, 5.41) is 0. The zero-order valence-electron chi connectivity index (χ0n) is 5.66. The predicted octanol–water partition coefficient (Wildman–Crippen LogP) is -1.12. The van der Waals surface area contributed by atoms with Gasteiger partial charge in [-0.15, -0.1) is 0 Å². The van der Waals surface area contributed by atoms with Crippen LogP contribution < -0.4 is 21.4 Å². The Hall–Kier alpha value is -1.24. The van der Waals surface area contributed by atoms with Gasteiger partial charge in [-0.1, -0.05) is 5.59 Å². The molecule has 1 aliphatic heterocycles. The lowest BCUT2D eigenvalue weighted by Crippen LogP contribution is -2.42. The van der Waals surface area contributed by atoms with E-state index in [0.29, 0.717) is 12.3 Å². The maximum absolute atomic E-state index is 5.00. The van der Waals surface area contributed by atoms with Crippen LogP contribution in [0.2, 0.25) is 0 Å². The molecule has 0 unspecified atom stereocenters. The van der Waals surface area contributed by atoms with Crippen molar-refractivity contribution in [3.63, 3.8) is 0 Å². The van der Waals surface area contributed by atoms with Crippen molar-refractivity contribution in [3.05, 3.63) is 18.2 Å². The van der Waals surface area contributed by atoms with Gasteiger partial charge in [0.2, 0.25) is 0 Å². The first-order chi connectivity index (χ1) is 5.47. The molecule has 0 aromatic carbocycles. The fourth-order valence-corrected chi connectivity index (χ4v) is 0.805. The Morgan fingerprint density at radius 2 is 2.55 bits per heavy atom. The van der Waals surface area contributed by atoms with E-state index in [2.05, 4.69) is 26.5 Å². The lowest BCUT2D eigenvalue weighted by molar-refractivity contribution is 0.138. The third-order valence-corrected chi connectivity index (χ3v) is 1.31. The average molecular weight is 153 g/mol. The predicted molar refractivity (Wildman–Crippen MR) is 35.8 cm³/mol. The quantitative estimate of drug-likeness (QED) is 0.438. The monoisotopic (exact) mass is 153 g/mol. The molecule has 1 aliphatic rings. The van der Waals surface area contributed by atoms with Crippen molar-refractivity contribution < 1.29 is 4.84 Å². The van der Waals surface area contributed by atoms with E-state index in [4.69, 9.17) is 4.84 Å².